The molecular formula is C23H27N5O5S. The lowest BCUT2D eigenvalue weighted by Crippen LogP contribution is -2.45. The van der Waals surface area contributed by atoms with E-state index >= 15 is 0 Å². The third-order valence-electron chi connectivity index (χ3n) is 5.87. The number of urea groups is 1. The fourth-order valence-electron chi connectivity index (χ4n) is 4.05. The SMILES string of the molecule is O=C(NC1CCCCC1)NS(=O)(=O)c1ccc(CCNC(=O)n2cc3ncccc3c2O)cc1. The number of amides is 3. The quantitative estimate of drug-likeness (QED) is 0.423. The highest BCUT2D eigenvalue weighted by atomic mass is 32.2. The second-order valence-electron chi connectivity index (χ2n) is 8.30. The molecule has 1 saturated carbocycles. The molecule has 2 heterocycles. The zero-order valence-electron chi connectivity index (χ0n) is 18.5. The van der Waals surface area contributed by atoms with Crippen LogP contribution in [0.2, 0.25) is 0 Å². The number of benzene rings is 1. The van der Waals surface area contributed by atoms with Gasteiger partial charge in [0.15, 0.2) is 0 Å². The molecule has 1 aromatic carbocycles. The monoisotopic (exact) mass is 485 g/mol. The second-order valence-corrected chi connectivity index (χ2v) is 9.98. The van der Waals surface area contributed by atoms with E-state index in [9.17, 15) is 23.1 Å². The Morgan fingerprint density at radius 2 is 1.82 bits per heavy atom. The van der Waals surface area contributed by atoms with E-state index in [-0.39, 0.29) is 23.4 Å². The normalized spacial score (nSPS) is 14.6. The number of nitrogens with one attached hydrogen (secondary N) is 3. The maximum Gasteiger partial charge on any atom is 0.328 e. The lowest BCUT2D eigenvalue weighted by Gasteiger charge is -2.22. The van der Waals surface area contributed by atoms with Crippen molar-refractivity contribution >= 4 is 33.0 Å². The predicted molar refractivity (Wildman–Crippen MR) is 126 cm³/mol. The molecule has 3 amide bonds. The van der Waals surface area contributed by atoms with Gasteiger partial charge >= 0.3 is 12.1 Å². The summed E-state index contributed by atoms with van der Waals surface area (Å²) in [5.74, 6) is -0.185. The van der Waals surface area contributed by atoms with Crippen molar-refractivity contribution in [3.05, 3.63) is 54.4 Å². The Balaban J connectivity index is 1.29. The molecule has 180 valence electrons. The molecule has 4 N–H and O–H groups in total. The molecule has 0 unspecified atom stereocenters. The Morgan fingerprint density at radius 3 is 2.53 bits per heavy atom. The van der Waals surface area contributed by atoms with Gasteiger partial charge in [-0.15, -0.1) is 0 Å². The zero-order chi connectivity index (χ0) is 24.1. The van der Waals surface area contributed by atoms with Gasteiger partial charge < -0.3 is 15.7 Å². The minimum Gasteiger partial charge on any atom is -0.494 e. The number of hydrogen-bond acceptors (Lipinski definition) is 6. The molecule has 1 aliphatic rings. The lowest BCUT2D eigenvalue weighted by molar-refractivity contribution is 0.237. The van der Waals surface area contributed by atoms with Crippen molar-refractivity contribution in [2.75, 3.05) is 6.54 Å². The molecule has 0 spiro atoms. The summed E-state index contributed by atoms with van der Waals surface area (Å²) in [6.07, 6.45) is 8.38. The number of nitrogens with zero attached hydrogens (tertiary/aromatic N) is 2. The van der Waals surface area contributed by atoms with Crippen LogP contribution >= 0.6 is 0 Å². The number of carbonyl (C=O) groups is 2. The number of carbonyl (C=O) groups excluding carboxylic acids is 2. The minimum absolute atomic E-state index is 0.00429. The first-order valence-electron chi connectivity index (χ1n) is 11.2. The molecule has 0 aliphatic heterocycles. The Kier molecular flexibility index (Phi) is 7.01. The van der Waals surface area contributed by atoms with Crippen molar-refractivity contribution < 1.29 is 23.1 Å². The lowest BCUT2D eigenvalue weighted by atomic mass is 9.96. The summed E-state index contributed by atoms with van der Waals surface area (Å²) in [6.45, 7) is 0.272. The van der Waals surface area contributed by atoms with E-state index in [2.05, 4.69) is 20.3 Å². The van der Waals surface area contributed by atoms with Gasteiger partial charge in [-0.1, -0.05) is 31.4 Å². The predicted octanol–water partition coefficient (Wildman–Crippen LogP) is 2.86. The van der Waals surface area contributed by atoms with Gasteiger partial charge in [0.2, 0.25) is 5.88 Å². The van der Waals surface area contributed by atoms with E-state index in [1.165, 1.54) is 18.3 Å². The summed E-state index contributed by atoms with van der Waals surface area (Å²) in [5.41, 5.74) is 1.31. The summed E-state index contributed by atoms with van der Waals surface area (Å²) in [4.78, 5) is 28.6. The first-order chi connectivity index (χ1) is 16.3. The molecule has 2 aromatic heterocycles. The summed E-state index contributed by atoms with van der Waals surface area (Å²) in [7, 11) is -3.98. The number of sulfonamides is 1. The Bertz CT molecular complexity index is 1280. The van der Waals surface area contributed by atoms with Gasteiger partial charge in [-0.3, -0.25) is 4.98 Å². The number of hydrogen-bond donors (Lipinski definition) is 4. The molecule has 10 nitrogen and oxygen atoms in total. The van der Waals surface area contributed by atoms with Crippen LogP contribution in [0.1, 0.15) is 37.7 Å². The van der Waals surface area contributed by atoms with Gasteiger partial charge in [-0.2, -0.15) is 0 Å². The Labute approximate surface area is 197 Å². The van der Waals surface area contributed by atoms with Crippen molar-refractivity contribution in [2.45, 2.75) is 49.5 Å². The number of rotatable bonds is 6. The summed E-state index contributed by atoms with van der Waals surface area (Å²) >= 11 is 0. The number of fused-ring (bicyclic) bond motifs is 1. The first-order valence-corrected chi connectivity index (χ1v) is 12.7. The number of aromatic hydroxyl groups is 1. The minimum atomic E-state index is -3.98. The second kappa shape index (κ2) is 10.1. The van der Waals surface area contributed by atoms with E-state index in [0.29, 0.717) is 17.3 Å². The molecular weight excluding hydrogens is 458 g/mol. The fourth-order valence-corrected chi connectivity index (χ4v) is 4.97. The van der Waals surface area contributed by atoms with Gasteiger partial charge in [-0.05, 0) is 49.1 Å². The maximum atomic E-state index is 12.5. The van der Waals surface area contributed by atoms with Crippen molar-refractivity contribution in [3.8, 4) is 5.88 Å². The van der Waals surface area contributed by atoms with E-state index in [4.69, 9.17) is 0 Å². The van der Waals surface area contributed by atoms with Gasteiger partial charge in [-0.25, -0.2) is 27.3 Å². The average molecular weight is 486 g/mol. The molecule has 1 fully saturated rings. The van der Waals surface area contributed by atoms with Gasteiger partial charge in [0, 0.05) is 25.0 Å². The van der Waals surface area contributed by atoms with Crippen LogP contribution in [-0.4, -0.2) is 47.7 Å². The van der Waals surface area contributed by atoms with Crippen LogP contribution in [0.4, 0.5) is 9.59 Å². The van der Waals surface area contributed by atoms with E-state index in [1.807, 2.05) is 0 Å². The van der Waals surface area contributed by atoms with Crippen molar-refractivity contribution in [1.82, 2.24) is 24.9 Å². The van der Waals surface area contributed by atoms with Crippen LogP contribution in [0.5, 0.6) is 5.88 Å². The fraction of sp³-hybridized carbons (Fsp3) is 0.348. The van der Waals surface area contributed by atoms with Crippen LogP contribution in [0.15, 0.2) is 53.7 Å². The van der Waals surface area contributed by atoms with Crippen LogP contribution in [0.3, 0.4) is 0 Å². The van der Waals surface area contributed by atoms with Crippen molar-refractivity contribution in [2.24, 2.45) is 0 Å². The molecule has 11 heteroatoms. The summed E-state index contributed by atoms with van der Waals surface area (Å²) in [6, 6.07) is 8.24. The molecule has 3 aromatic rings. The topological polar surface area (TPSA) is 142 Å². The third kappa shape index (κ3) is 5.48. The molecule has 0 atom stereocenters. The largest absolute Gasteiger partial charge is 0.494 e. The van der Waals surface area contributed by atoms with Gasteiger partial charge in [0.05, 0.1) is 15.8 Å². The smallest absolute Gasteiger partial charge is 0.328 e. The zero-order valence-corrected chi connectivity index (χ0v) is 19.3. The standard InChI is InChI=1S/C23H27N5O5S/c29-21-19-7-4-13-24-20(19)15-28(21)23(31)25-14-12-16-8-10-18(11-9-16)34(32,33)27-22(30)26-17-5-2-1-3-6-17/h4,7-11,13,15,17,29H,1-3,5-6,12,14H2,(H,25,31)(H2,26,27,30). The Hall–Kier alpha value is -3.60. The van der Waals surface area contributed by atoms with Crippen LogP contribution in [-0.2, 0) is 16.4 Å². The third-order valence-corrected chi connectivity index (χ3v) is 7.22. The molecule has 4 rings (SSSR count). The van der Waals surface area contributed by atoms with Gasteiger partial charge in [0.25, 0.3) is 10.0 Å². The highest BCUT2D eigenvalue weighted by molar-refractivity contribution is 7.90. The van der Waals surface area contributed by atoms with Crippen molar-refractivity contribution in [3.63, 3.8) is 0 Å². The first kappa shape index (κ1) is 23.6. The summed E-state index contributed by atoms with van der Waals surface area (Å²) in [5, 5.41) is 16.1. The van der Waals surface area contributed by atoms with Gasteiger partial charge in [0.1, 0.15) is 0 Å². The average Bonchev–Trinajstić information content (AvgIpc) is 3.16. The molecule has 0 saturated heterocycles. The molecule has 34 heavy (non-hydrogen) atoms. The van der Waals surface area contributed by atoms with Crippen LogP contribution < -0.4 is 15.4 Å². The Morgan fingerprint density at radius 1 is 1.09 bits per heavy atom. The van der Waals surface area contributed by atoms with E-state index in [1.54, 1.807) is 30.5 Å². The van der Waals surface area contributed by atoms with Crippen LogP contribution in [0, 0.1) is 0 Å². The van der Waals surface area contributed by atoms with E-state index in [0.717, 1.165) is 42.2 Å². The number of pyridine rings is 1. The molecule has 0 bridgehead atoms. The van der Waals surface area contributed by atoms with Crippen LogP contribution in [0.25, 0.3) is 10.9 Å². The molecule has 0 radical (unpaired) electrons. The maximum absolute atomic E-state index is 12.5. The molecule has 1 aliphatic carbocycles. The highest BCUT2D eigenvalue weighted by Gasteiger charge is 2.21. The summed E-state index contributed by atoms with van der Waals surface area (Å²) < 4.78 is 28.2. The van der Waals surface area contributed by atoms with E-state index < -0.39 is 22.1 Å². The van der Waals surface area contributed by atoms with Crippen molar-refractivity contribution in [1.29, 1.82) is 0 Å². The number of aromatic nitrogens is 2. The highest BCUT2D eigenvalue weighted by Crippen LogP contribution is 2.24.